The van der Waals surface area contributed by atoms with Gasteiger partial charge in [-0.2, -0.15) is 0 Å². The molecule has 3 heterocycles. The van der Waals surface area contributed by atoms with Crippen LogP contribution in [0.15, 0.2) is 30.6 Å². The summed E-state index contributed by atoms with van der Waals surface area (Å²) in [7, 11) is 1.86. The smallest absolute Gasteiger partial charge is 0.270 e. The summed E-state index contributed by atoms with van der Waals surface area (Å²) in [5, 5.41) is 2.39. The van der Waals surface area contributed by atoms with Gasteiger partial charge in [-0.25, -0.2) is 18.2 Å². The molecule has 31 heavy (non-hydrogen) atoms. The highest BCUT2D eigenvalue weighted by molar-refractivity contribution is 5.96. The molecule has 0 bridgehead atoms. The molecule has 7 nitrogen and oxygen atoms in total. The number of rotatable bonds is 4. The predicted octanol–water partition coefficient (Wildman–Crippen LogP) is 3.24. The molecule has 1 fully saturated rings. The Hall–Kier alpha value is -3.56. The molecule has 4 rings (SSSR count). The number of likely N-dealkylation sites (tertiary alicyclic amines) is 1. The van der Waals surface area contributed by atoms with Crippen LogP contribution in [0.1, 0.15) is 22.6 Å². The number of amides is 2. The Kier molecular flexibility index (Phi) is 5.30. The van der Waals surface area contributed by atoms with E-state index in [1.807, 2.05) is 18.5 Å². The Morgan fingerprint density at radius 2 is 1.90 bits per heavy atom. The number of imidazole rings is 1. The fourth-order valence-electron chi connectivity index (χ4n) is 3.79. The summed E-state index contributed by atoms with van der Waals surface area (Å²) in [6.07, 6.45) is 2.09. The summed E-state index contributed by atoms with van der Waals surface area (Å²) in [6, 6.07) is 4.92. The fourth-order valence-corrected chi connectivity index (χ4v) is 3.79. The molecule has 1 aliphatic heterocycles. The third kappa shape index (κ3) is 3.92. The van der Waals surface area contributed by atoms with Crippen LogP contribution >= 0.6 is 0 Å². The van der Waals surface area contributed by atoms with Crippen LogP contribution in [0.25, 0.3) is 11.4 Å². The second-order valence-electron chi connectivity index (χ2n) is 7.56. The van der Waals surface area contributed by atoms with Gasteiger partial charge in [-0.05, 0) is 25.5 Å². The lowest BCUT2D eigenvalue weighted by molar-refractivity contribution is -0.119. The summed E-state index contributed by atoms with van der Waals surface area (Å²) in [5.74, 6) is -5.65. The van der Waals surface area contributed by atoms with Gasteiger partial charge in [0.15, 0.2) is 17.5 Å². The van der Waals surface area contributed by atoms with Crippen molar-refractivity contribution in [3.8, 4) is 11.4 Å². The number of carbonyl (C=O) groups is 2. The molecular formula is C21H20F3N5O2. The SMILES string of the molecule is Cc1ncn(C)c1-c1ccc(C(=O)N2CC[C@H](C(=O)Nc3cc(F)c(F)c(F)c3)C2)[nH]1. The van der Waals surface area contributed by atoms with Gasteiger partial charge in [0.05, 0.1) is 29.3 Å². The molecule has 1 aromatic carbocycles. The zero-order valence-electron chi connectivity index (χ0n) is 16.9. The molecule has 1 atom stereocenters. The first-order valence-electron chi connectivity index (χ1n) is 9.66. The van der Waals surface area contributed by atoms with Crippen molar-refractivity contribution in [3.63, 3.8) is 0 Å². The number of hydrogen-bond donors (Lipinski definition) is 2. The number of anilines is 1. The predicted molar refractivity (Wildman–Crippen MR) is 107 cm³/mol. The Balaban J connectivity index is 1.42. The second kappa shape index (κ2) is 7.93. The van der Waals surface area contributed by atoms with Crippen LogP contribution in [0.2, 0.25) is 0 Å². The summed E-state index contributed by atoms with van der Waals surface area (Å²) in [6.45, 7) is 2.40. The molecule has 2 aromatic heterocycles. The van der Waals surface area contributed by atoms with Crippen LogP contribution in [0.5, 0.6) is 0 Å². The standard InChI is InChI=1S/C21H20F3N5O2/c1-11-19(28(2)10-25-11)16-3-4-17(27-16)21(31)29-6-5-12(9-29)20(30)26-13-7-14(22)18(24)15(23)8-13/h3-4,7-8,10,12,27H,5-6,9H2,1-2H3,(H,26,30)/t12-/m0/s1. The van der Waals surface area contributed by atoms with E-state index in [4.69, 9.17) is 0 Å². The molecule has 2 N–H and O–H groups in total. The van der Waals surface area contributed by atoms with Crippen LogP contribution in [-0.4, -0.2) is 44.3 Å². The van der Waals surface area contributed by atoms with E-state index < -0.39 is 29.3 Å². The Labute approximate surface area is 175 Å². The Morgan fingerprint density at radius 3 is 2.55 bits per heavy atom. The topological polar surface area (TPSA) is 83.0 Å². The zero-order chi connectivity index (χ0) is 22.3. The van der Waals surface area contributed by atoms with E-state index in [-0.39, 0.29) is 18.1 Å². The zero-order valence-corrected chi connectivity index (χ0v) is 16.9. The van der Waals surface area contributed by atoms with E-state index in [0.29, 0.717) is 18.7 Å². The number of H-pyrrole nitrogens is 1. The highest BCUT2D eigenvalue weighted by atomic mass is 19.2. The number of benzene rings is 1. The normalized spacial score (nSPS) is 16.0. The van der Waals surface area contributed by atoms with Crippen molar-refractivity contribution in [1.29, 1.82) is 0 Å². The molecule has 0 unspecified atom stereocenters. The first-order valence-corrected chi connectivity index (χ1v) is 9.66. The van der Waals surface area contributed by atoms with Crippen molar-refractivity contribution < 1.29 is 22.8 Å². The first-order chi connectivity index (χ1) is 14.7. The molecule has 0 radical (unpaired) electrons. The van der Waals surface area contributed by atoms with Crippen LogP contribution in [0.4, 0.5) is 18.9 Å². The van der Waals surface area contributed by atoms with Gasteiger partial charge >= 0.3 is 0 Å². The highest BCUT2D eigenvalue weighted by Crippen LogP contribution is 2.25. The minimum absolute atomic E-state index is 0.163. The average Bonchev–Trinajstić information content (AvgIpc) is 3.46. The number of aromatic amines is 1. The van der Waals surface area contributed by atoms with Gasteiger partial charge in [-0.15, -0.1) is 0 Å². The fraction of sp³-hybridized carbons (Fsp3) is 0.286. The number of aromatic nitrogens is 3. The minimum atomic E-state index is -1.60. The highest BCUT2D eigenvalue weighted by Gasteiger charge is 2.32. The van der Waals surface area contributed by atoms with Crippen molar-refractivity contribution in [2.45, 2.75) is 13.3 Å². The van der Waals surface area contributed by atoms with Gasteiger partial charge in [0.25, 0.3) is 5.91 Å². The van der Waals surface area contributed by atoms with Gasteiger partial charge in [0.2, 0.25) is 5.91 Å². The van der Waals surface area contributed by atoms with E-state index in [0.717, 1.165) is 29.2 Å². The summed E-state index contributed by atoms with van der Waals surface area (Å²) in [5.41, 5.74) is 2.67. The molecule has 0 aliphatic carbocycles. The monoisotopic (exact) mass is 431 g/mol. The van der Waals surface area contributed by atoms with Crippen LogP contribution < -0.4 is 5.32 Å². The van der Waals surface area contributed by atoms with Gasteiger partial charge in [-0.1, -0.05) is 0 Å². The maximum atomic E-state index is 13.3. The maximum Gasteiger partial charge on any atom is 0.270 e. The molecule has 1 saturated heterocycles. The quantitative estimate of drug-likeness (QED) is 0.623. The number of halogens is 3. The maximum absolute atomic E-state index is 13.3. The number of nitrogens with one attached hydrogen (secondary N) is 2. The average molecular weight is 431 g/mol. The molecule has 162 valence electrons. The van der Waals surface area contributed by atoms with Crippen molar-refractivity contribution in [2.24, 2.45) is 13.0 Å². The number of hydrogen-bond acceptors (Lipinski definition) is 3. The molecule has 0 saturated carbocycles. The number of nitrogens with zero attached hydrogens (tertiary/aromatic N) is 3. The minimum Gasteiger partial charge on any atom is -0.349 e. The number of carbonyl (C=O) groups excluding carboxylic acids is 2. The number of aryl methyl sites for hydroxylation is 2. The lowest BCUT2D eigenvalue weighted by atomic mass is 10.1. The van der Waals surface area contributed by atoms with Crippen molar-refractivity contribution in [2.75, 3.05) is 18.4 Å². The third-order valence-corrected chi connectivity index (χ3v) is 5.39. The Morgan fingerprint density at radius 1 is 1.19 bits per heavy atom. The third-order valence-electron chi connectivity index (χ3n) is 5.39. The lowest BCUT2D eigenvalue weighted by Gasteiger charge is -2.16. The molecule has 10 heteroatoms. The summed E-state index contributed by atoms with van der Waals surface area (Å²) >= 11 is 0. The van der Waals surface area contributed by atoms with Crippen LogP contribution in [-0.2, 0) is 11.8 Å². The van der Waals surface area contributed by atoms with Gasteiger partial charge in [-0.3, -0.25) is 9.59 Å². The lowest BCUT2D eigenvalue weighted by Crippen LogP contribution is -2.31. The Bertz CT molecular complexity index is 1130. The summed E-state index contributed by atoms with van der Waals surface area (Å²) in [4.78, 5) is 34.2. The molecule has 2 amide bonds. The van der Waals surface area contributed by atoms with E-state index >= 15 is 0 Å². The van der Waals surface area contributed by atoms with Gasteiger partial charge in [0, 0.05) is 38.0 Å². The van der Waals surface area contributed by atoms with Gasteiger partial charge in [0.1, 0.15) is 5.69 Å². The van der Waals surface area contributed by atoms with E-state index in [2.05, 4.69) is 15.3 Å². The molecular weight excluding hydrogens is 411 g/mol. The van der Waals surface area contributed by atoms with Gasteiger partial charge < -0.3 is 19.8 Å². The van der Waals surface area contributed by atoms with E-state index in [9.17, 15) is 22.8 Å². The second-order valence-corrected chi connectivity index (χ2v) is 7.56. The van der Waals surface area contributed by atoms with E-state index in [1.165, 1.54) is 0 Å². The first kappa shape index (κ1) is 20.7. The summed E-state index contributed by atoms with van der Waals surface area (Å²) < 4.78 is 41.6. The van der Waals surface area contributed by atoms with E-state index in [1.54, 1.807) is 23.4 Å². The van der Waals surface area contributed by atoms with Crippen LogP contribution in [0.3, 0.4) is 0 Å². The van der Waals surface area contributed by atoms with Crippen LogP contribution in [0, 0.1) is 30.3 Å². The molecule has 0 spiro atoms. The van der Waals surface area contributed by atoms with Crippen molar-refractivity contribution >= 4 is 17.5 Å². The van der Waals surface area contributed by atoms with Crippen molar-refractivity contribution in [3.05, 3.63) is 59.4 Å². The largest absolute Gasteiger partial charge is 0.349 e. The molecule has 3 aromatic rings. The molecule has 1 aliphatic rings. The van der Waals surface area contributed by atoms with Crippen molar-refractivity contribution in [1.82, 2.24) is 19.4 Å².